The summed E-state index contributed by atoms with van der Waals surface area (Å²) < 4.78 is 0.814. The van der Waals surface area contributed by atoms with Gasteiger partial charge in [-0.2, -0.15) is 0 Å². The monoisotopic (exact) mass is 256 g/mol. The minimum Gasteiger partial charge on any atom is -0.506 e. The van der Waals surface area contributed by atoms with Crippen LogP contribution in [0, 0.1) is 0 Å². The highest BCUT2D eigenvalue weighted by molar-refractivity contribution is 9.10. The van der Waals surface area contributed by atoms with Gasteiger partial charge in [0, 0.05) is 10.7 Å². The third-order valence-electron chi connectivity index (χ3n) is 2.50. The van der Waals surface area contributed by atoms with Crippen LogP contribution in [0.1, 0.15) is 31.0 Å². The van der Waals surface area contributed by atoms with E-state index in [4.69, 9.17) is 0 Å². The van der Waals surface area contributed by atoms with Crippen molar-refractivity contribution in [3.8, 4) is 5.75 Å². The van der Waals surface area contributed by atoms with E-state index in [0.29, 0.717) is 0 Å². The van der Waals surface area contributed by atoms with Crippen LogP contribution < -0.4 is 5.32 Å². The third-order valence-corrected chi connectivity index (χ3v) is 2.94. The summed E-state index contributed by atoms with van der Waals surface area (Å²) in [5.41, 5.74) is 0.771. The first kappa shape index (κ1) is 9.93. The predicted octanol–water partition coefficient (Wildman–Crippen LogP) is 2.36. The lowest BCUT2D eigenvalue weighted by Crippen LogP contribution is -2.27. The van der Waals surface area contributed by atoms with Gasteiger partial charge in [0.1, 0.15) is 5.75 Å². The molecule has 1 saturated heterocycles. The van der Waals surface area contributed by atoms with Crippen LogP contribution in [0.2, 0.25) is 0 Å². The van der Waals surface area contributed by atoms with Crippen molar-refractivity contribution in [2.75, 3.05) is 6.54 Å². The van der Waals surface area contributed by atoms with E-state index in [2.05, 4.69) is 26.2 Å². The van der Waals surface area contributed by atoms with Crippen LogP contribution >= 0.6 is 15.9 Å². The minimum atomic E-state index is 0.219. The molecule has 4 heteroatoms. The molecule has 1 aromatic rings. The van der Waals surface area contributed by atoms with E-state index in [1.54, 1.807) is 12.3 Å². The van der Waals surface area contributed by atoms with E-state index in [0.717, 1.165) is 23.1 Å². The summed E-state index contributed by atoms with van der Waals surface area (Å²) >= 11 is 3.28. The third kappa shape index (κ3) is 2.07. The van der Waals surface area contributed by atoms with Crippen LogP contribution in [0.4, 0.5) is 0 Å². The number of hydrogen-bond acceptors (Lipinski definition) is 3. The van der Waals surface area contributed by atoms with Gasteiger partial charge in [0.25, 0.3) is 0 Å². The number of nitrogens with one attached hydrogen (secondary N) is 1. The Bertz CT molecular complexity index is 324. The zero-order chi connectivity index (χ0) is 9.97. The summed E-state index contributed by atoms with van der Waals surface area (Å²) in [6.07, 6.45) is 5.20. The molecule has 0 saturated carbocycles. The molecule has 2 N–H and O–H groups in total. The Hall–Kier alpha value is -0.610. The molecular formula is C10H13BrN2O. The second-order valence-electron chi connectivity index (χ2n) is 3.56. The number of nitrogens with zero attached hydrogens (tertiary/aromatic N) is 1. The Kier molecular flexibility index (Phi) is 3.03. The van der Waals surface area contributed by atoms with Crippen molar-refractivity contribution in [1.82, 2.24) is 10.3 Å². The molecule has 3 nitrogen and oxygen atoms in total. The number of piperidine rings is 1. The molecule has 0 radical (unpaired) electrons. The molecule has 1 atom stereocenters. The normalized spacial score (nSPS) is 22.2. The highest BCUT2D eigenvalue weighted by atomic mass is 79.9. The molecule has 1 fully saturated rings. The summed E-state index contributed by atoms with van der Waals surface area (Å²) in [5, 5.41) is 13.1. The Morgan fingerprint density at radius 3 is 3.00 bits per heavy atom. The first-order valence-corrected chi connectivity index (χ1v) is 5.64. The summed E-state index contributed by atoms with van der Waals surface area (Å²) in [6, 6.07) is 1.91. The van der Waals surface area contributed by atoms with E-state index >= 15 is 0 Å². The Balaban J connectivity index is 2.22. The summed E-state index contributed by atoms with van der Waals surface area (Å²) in [4.78, 5) is 4.24. The van der Waals surface area contributed by atoms with E-state index in [-0.39, 0.29) is 11.8 Å². The Morgan fingerprint density at radius 2 is 2.36 bits per heavy atom. The molecule has 2 rings (SSSR count). The molecule has 0 aromatic carbocycles. The lowest BCUT2D eigenvalue weighted by molar-refractivity contribution is 0.382. The highest BCUT2D eigenvalue weighted by Crippen LogP contribution is 2.29. The van der Waals surface area contributed by atoms with Gasteiger partial charge in [-0.3, -0.25) is 4.98 Å². The van der Waals surface area contributed by atoms with Crippen molar-refractivity contribution in [2.45, 2.75) is 25.3 Å². The van der Waals surface area contributed by atoms with Crippen molar-refractivity contribution in [2.24, 2.45) is 0 Å². The molecule has 0 spiro atoms. The van der Waals surface area contributed by atoms with Crippen molar-refractivity contribution < 1.29 is 5.11 Å². The van der Waals surface area contributed by atoms with Gasteiger partial charge in [-0.05, 0) is 41.4 Å². The van der Waals surface area contributed by atoms with E-state index in [1.165, 1.54) is 12.8 Å². The van der Waals surface area contributed by atoms with Gasteiger partial charge in [-0.25, -0.2) is 0 Å². The van der Waals surface area contributed by atoms with Crippen molar-refractivity contribution in [1.29, 1.82) is 0 Å². The zero-order valence-electron chi connectivity index (χ0n) is 7.83. The fourth-order valence-electron chi connectivity index (χ4n) is 1.79. The van der Waals surface area contributed by atoms with Crippen molar-refractivity contribution in [3.05, 3.63) is 22.4 Å². The molecular weight excluding hydrogens is 244 g/mol. The largest absolute Gasteiger partial charge is 0.506 e. The lowest BCUT2D eigenvalue weighted by Gasteiger charge is -2.23. The molecule has 76 valence electrons. The second-order valence-corrected chi connectivity index (χ2v) is 4.48. The van der Waals surface area contributed by atoms with Gasteiger partial charge >= 0.3 is 0 Å². The van der Waals surface area contributed by atoms with E-state index in [9.17, 15) is 5.11 Å². The van der Waals surface area contributed by atoms with Crippen molar-refractivity contribution in [3.63, 3.8) is 0 Å². The molecule has 0 bridgehead atoms. The smallest absolute Gasteiger partial charge is 0.139 e. The SMILES string of the molecule is Oc1cc(Br)cnc1[C@H]1CCCCN1. The van der Waals surface area contributed by atoms with Gasteiger partial charge in [0.2, 0.25) is 0 Å². The Labute approximate surface area is 91.7 Å². The van der Waals surface area contributed by atoms with Gasteiger partial charge in [-0.1, -0.05) is 6.42 Å². The second kappa shape index (κ2) is 4.28. The number of aromatic hydroxyl groups is 1. The fraction of sp³-hybridized carbons (Fsp3) is 0.500. The molecule has 1 aromatic heterocycles. The maximum atomic E-state index is 9.71. The standard InChI is InChI=1S/C10H13BrN2O/c11-7-5-9(14)10(13-6-7)8-3-1-2-4-12-8/h5-6,8,12,14H,1-4H2/t8-/m1/s1. The molecule has 0 unspecified atom stereocenters. The fourth-order valence-corrected chi connectivity index (χ4v) is 2.11. The van der Waals surface area contributed by atoms with Gasteiger partial charge in [0.05, 0.1) is 11.7 Å². The van der Waals surface area contributed by atoms with Gasteiger partial charge < -0.3 is 10.4 Å². The molecule has 0 aliphatic carbocycles. The average Bonchev–Trinajstić information content (AvgIpc) is 2.19. The van der Waals surface area contributed by atoms with Crippen LogP contribution in [0.15, 0.2) is 16.7 Å². The minimum absolute atomic E-state index is 0.219. The highest BCUT2D eigenvalue weighted by Gasteiger charge is 2.18. The molecule has 1 aliphatic rings. The van der Waals surface area contributed by atoms with Crippen LogP contribution in [-0.4, -0.2) is 16.6 Å². The van der Waals surface area contributed by atoms with E-state index in [1.807, 2.05) is 0 Å². The predicted molar refractivity (Wildman–Crippen MR) is 58.2 cm³/mol. The summed E-state index contributed by atoms with van der Waals surface area (Å²) in [7, 11) is 0. The summed E-state index contributed by atoms with van der Waals surface area (Å²) in [6.45, 7) is 1.02. The van der Waals surface area contributed by atoms with Crippen LogP contribution in [0.5, 0.6) is 5.75 Å². The first-order valence-electron chi connectivity index (χ1n) is 4.85. The van der Waals surface area contributed by atoms with Crippen molar-refractivity contribution >= 4 is 15.9 Å². The molecule has 2 heterocycles. The molecule has 0 amide bonds. The number of rotatable bonds is 1. The lowest BCUT2D eigenvalue weighted by atomic mass is 10.0. The van der Waals surface area contributed by atoms with Crippen LogP contribution in [0.25, 0.3) is 0 Å². The Morgan fingerprint density at radius 1 is 1.50 bits per heavy atom. The zero-order valence-corrected chi connectivity index (χ0v) is 9.42. The maximum Gasteiger partial charge on any atom is 0.139 e. The molecule has 1 aliphatic heterocycles. The summed E-state index contributed by atoms with van der Waals surface area (Å²) in [5.74, 6) is 0.277. The number of pyridine rings is 1. The van der Waals surface area contributed by atoms with E-state index < -0.39 is 0 Å². The van der Waals surface area contributed by atoms with Crippen LogP contribution in [-0.2, 0) is 0 Å². The number of hydrogen-bond donors (Lipinski definition) is 2. The maximum absolute atomic E-state index is 9.71. The topological polar surface area (TPSA) is 45.2 Å². The molecule has 14 heavy (non-hydrogen) atoms. The van der Waals surface area contributed by atoms with Gasteiger partial charge in [-0.15, -0.1) is 0 Å². The first-order chi connectivity index (χ1) is 6.77. The van der Waals surface area contributed by atoms with Crippen LogP contribution in [0.3, 0.4) is 0 Å². The average molecular weight is 257 g/mol. The number of aromatic nitrogens is 1. The number of halogens is 1. The van der Waals surface area contributed by atoms with Gasteiger partial charge in [0.15, 0.2) is 0 Å². The quantitative estimate of drug-likeness (QED) is 0.811.